The molecule has 1 N–H and O–H groups in total. The van der Waals surface area contributed by atoms with Crippen molar-refractivity contribution >= 4 is 17.4 Å². The van der Waals surface area contributed by atoms with E-state index in [1.165, 1.54) is 0 Å². The van der Waals surface area contributed by atoms with Crippen LogP contribution in [0.5, 0.6) is 11.5 Å². The van der Waals surface area contributed by atoms with Crippen molar-refractivity contribution in [3.05, 3.63) is 48.0 Å². The van der Waals surface area contributed by atoms with Gasteiger partial charge in [-0.3, -0.25) is 4.90 Å². The zero-order valence-electron chi connectivity index (χ0n) is 14.2. The summed E-state index contributed by atoms with van der Waals surface area (Å²) in [6.07, 6.45) is 0.830. The summed E-state index contributed by atoms with van der Waals surface area (Å²) >= 11 is 0. The van der Waals surface area contributed by atoms with Crippen LogP contribution in [0, 0.1) is 6.92 Å². The van der Waals surface area contributed by atoms with Gasteiger partial charge in [0.15, 0.2) is 0 Å². The Kier molecular flexibility index (Phi) is 4.60. The normalized spacial score (nSPS) is 16.1. The predicted octanol–water partition coefficient (Wildman–Crippen LogP) is 4.21. The Morgan fingerprint density at radius 3 is 2.88 bits per heavy atom. The number of ether oxygens (including phenoxy) is 2. The molecule has 1 aliphatic heterocycles. The van der Waals surface area contributed by atoms with Crippen molar-refractivity contribution in [2.45, 2.75) is 26.4 Å². The van der Waals surface area contributed by atoms with Crippen molar-refractivity contribution in [1.29, 1.82) is 0 Å². The molecule has 0 saturated carbocycles. The van der Waals surface area contributed by atoms with Crippen LogP contribution in [-0.2, 0) is 0 Å². The van der Waals surface area contributed by atoms with E-state index in [-0.39, 0.29) is 12.1 Å². The highest BCUT2D eigenvalue weighted by atomic mass is 16.5. The summed E-state index contributed by atoms with van der Waals surface area (Å²) in [6, 6.07) is 13.1. The molecule has 24 heavy (non-hydrogen) atoms. The van der Waals surface area contributed by atoms with E-state index in [0.29, 0.717) is 18.0 Å². The fourth-order valence-corrected chi connectivity index (χ4v) is 2.81. The molecule has 0 aromatic heterocycles. The number of hydrogen-bond acceptors (Lipinski definition) is 3. The average molecular weight is 326 g/mol. The topological polar surface area (TPSA) is 50.8 Å². The standard InChI is InChI=1S/C19H22N2O3/c1-4-14-12-21(16-7-5-6-8-18(16)24-14)19(22)20-15-11-13(2)9-10-17(15)23-3/h5-11,14H,4,12H2,1-3H3,(H,20,22)/t14-/m0/s1. The van der Waals surface area contributed by atoms with Crippen LogP contribution in [0.1, 0.15) is 18.9 Å². The summed E-state index contributed by atoms with van der Waals surface area (Å²) in [7, 11) is 1.59. The number of nitrogens with zero attached hydrogens (tertiary/aromatic N) is 1. The van der Waals surface area contributed by atoms with Gasteiger partial charge in [-0.25, -0.2) is 4.79 Å². The van der Waals surface area contributed by atoms with Gasteiger partial charge in [0.1, 0.15) is 17.6 Å². The number of nitrogens with one attached hydrogen (secondary N) is 1. The molecule has 0 aliphatic carbocycles. The van der Waals surface area contributed by atoms with E-state index >= 15 is 0 Å². The molecule has 0 fully saturated rings. The molecule has 5 nitrogen and oxygen atoms in total. The van der Waals surface area contributed by atoms with Crippen LogP contribution < -0.4 is 19.7 Å². The fraction of sp³-hybridized carbons (Fsp3) is 0.316. The second kappa shape index (κ2) is 6.83. The van der Waals surface area contributed by atoms with E-state index in [9.17, 15) is 4.79 Å². The van der Waals surface area contributed by atoms with Gasteiger partial charge < -0.3 is 14.8 Å². The maximum absolute atomic E-state index is 12.9. The van der Waals surface area contributed by atoms with Crippen LogP contribution in [0.4, 0.5) is 16.2 Å². The minimum Gasteiger partial charge on any atom is -0.495 e. The highest BCUT2D eigenvalue weighted by Gasteiger charge is 2.29. The van der Waals surface area contributed by atoms with Crippen molar-refractivity contribution in [3.8, 4) is 11.5 Å². The van der Waals surface area contributed by atoms with Gasteiger partial charge in [0.25, 0.3) is 0 Å². The lowest BCUT2D eigenvalue weighted by Crippen LogP contribution is -2.45. The van der Waals surface area contributed by atoms with Gasteiger partial charge in [-0.05, 0) is 43.2 Å². The van der Waals surface area contributed by atoms with Crippen LogP contribution >= 0.6 is 0 Å². The third-order valence-electron chi connectivity index (χ3n) is 4.13. The SMILES string of the molecule is CC[C@H]1CN(C(=O)Nc2cc(C)ccc2OC)c2ccccc2O1. The van der Waals surface area contributed by atoms with Gasteiger partial charge in [-0.15, -0.1) is 0 Å². The number of fused-ring (bicyclic) bond motifs is 1. The Labute approximate surface area is 142 Å². The smallest absolute Gasteiger partial charge is 0.326 e. The Balaban J connectivity index is 1.88. The number of carbonyl (C=O) groups is 1. The summed E-state index contributed by atoms with van der Waals surface area (Å²) in [4.78, 5) is 14.6. The summed E-state index contributed by atoms with van der Waals surface area (Å²) in [6.45, 7) is 4.55. The highest BCUT2D eigenvalue weighted by Crippen LogP contribution is 2.34. The number of anilines is 2. The Hall–Kier alpha value is -2.69. The number of amides is 2. The van der Waals surface area contributed by atoms with E-state index in [1.807, 2.05) is 49.4 Å². The first-order valence-corrected chi connectivity index (χ1v) is 8.11. The van der Waals surface area contributed by atoms with Gasteiger partial charge in [0, 0.05) is 0 Å². The van der Waals surface area contributed by atoms with Gasteiger partial charge in [0.2, 0.25) is 0 Å². The molecule has 0 unspecified atom stereocenters. The zero-order valence-corrected chi connectivity index (χ0v) is 14.2. The van der Waals surface area contributed by atoms with Gasteiger partial charge in [0.05, 0.1) is 25.0 Å². The predicted molar refractivity (Wildman–Crippen MR) is 95.2 cm³/mol. The van der Waals surface area contributed by atoms with E-state index in [1.54, 1.807) is 12.0 Å². The fourth-order valence-electron chi connectivity index (χ4n) is 2.81. The minimum atomic E-state index is -0.187. The Morgan fingerprint density at radius 2 is 2.12 bits per heavy atom. The van der Waals surface area contributed by atoms with E-state index in [2.05, 4.69) is 12.2 Å². The Morgan fingerprint density at radius 1 is 1.33 bits per heavy atom. The largest absolute Gasteiger partial charge is 0.495 e. The van der Waals surface area contributed by atoms with E-state index in [4.69, 9.17) is 9.47 Å². The molecule has 1 atom stereocenters. The molecule has 2 aromatic rings. The number of para-hydroxylation sites is 2. The van der Waals surface area contributed by atoms with Crippen LogP contribution in [0.2, 0.25) is 0 Å². The maximum Gasteiger partial charge on any atom is 0.326 e. The monoisotopic (exact) mass is 326 g/mol. The number of aryl methyl sites for hydroxylation is 1. The van der Waals surface area contributed by atoms with Crippen LogP contribution in [0.3, 0.4) is 0 Å². The Bertz CT molecular complexity index is 745. The quantitative estimate of drug-likeness (QED) is 0.919. The van der Waals surface area contributed by atoms with Crippen molar-refractivity contribution < 1.29 is 14.3 Å². The number of urea groups is 1. The highest BCUT2D eigenvalue weighted by molar-refractivity contribution is 6.03. The first-order valence-electron chi connectivity index (χ1n) is 8.11. The molecular formula is C19H22N2O3. The van der Waals surface area contributed by atoms with Crippen LogP contribution in [0.15, 0.2) is 42.5 Å². The molecule has 2 amide bonds. The second-order valence-corrected chi connectivity index (χ2v) is 5.86. The second-order valence-electron chi connectivity index (χ2n) is 5.86. The molecular weight excluding hydrogens is 304 g/mol. The minimum absolute atomic E-state index is 0.00921. The van der Waals surface area contributed by atoms with Crippen molar-refractivity contribution in [3.63, 3.8) is 0 Å². The van der Waals surface area contributed by atoms with Crippen LogP contribution in [-0.4, -0.2) is 25.8 Å². The first kappa shape index (κ1) is 16.2. The number of benzene rings is 2. The van der Waals surface area contributed by atoms with Gasteiger partial charge in [-0.1, -0.05) is 25.1 Å². The van der Waals surface area contributed by atoms with Gasteiger partial charge >= 0.3 is 6.03 Å². The molecule has 0 saturated heterocycles. The summed E-state index contributed by atoms with van der Waals surface area (Å²) < 4.78 is 11.3. The lowest BCUT2D eigenvalue weighted by Gasteiger charge is -2.34. The van der Waals surface area contributed by atoms with Crippen LogP contribution in [0.25, 0.3) is 0 Å². The van der Waals surface area contributed by atoms with Crippen molar-refractivity contribution in [2.75, 3.05) is 23.9 Å². The molecule has 2 aromatic carbocycles. The third kappa shape index (κ3) is 3.15. The average Bonchev–Trinajstić information content (AvgIpc) is 2.60. The van der Waals surface area contributed by atoms with Crippen molar-refractivity contribution in [2.24, 2.45) is 0 Å². The number of carbonyl (C=O) groups excluding carboxylic acids is 1. The van der Waals surface area contributed by atoms with E-state index in [0.717, 1.165) is 23.4 Å². The molecule has 0 spiro atoms. The third-order valence-corrected chi connectivity index (χ3v) is 4.13. The summed E-state index contributed by atoms with van der Waals surface area (Å²) in [5.74, 6) is 1.38. The lowest BCUT2D eigenvalue weighted by atomic mass is 10.1. The summed E-state index contributed by atoms with van der Waals surface area (Å²) in [5, 5.41) is 2.96. The molecule has 0 radical (unpaired) electrons. The molecule has 0 bridgehead atoms. The number of rotatable bonds is 3. The lowest BCUT2D eigenvalue weighted by molar-refractivity contribution is 0.188. The first-order chi connectivity index (χ1) is 11.6. The zero-order chi connectivity index (χ0) is 17.1. The molecule has 126 valence electrons. The molecule has 1 aliphatic rings. The molecule has 5 heteroatoms. The van der Waals surface area contributed by atoms with Gasteiger partial charge in [-0.2, -0.15) is 0 Å². The maximum atomic E-state index is 12.9. The molecule has 1 heterocycles. The molecule has 3 rings (SSSR count). The van der Waals surface area contributed by atoms with E-state index < -0.39 is 0 Å². The summed E-state index contributed by atoms with van der Waals surface area (Å²) in [5.41, 5.74) is 2.51. The number of methoxy groups -OCH3 is 1. The number of hydrogen-bond donors (Lipinski definition) is 1. The van der Waals surface area contributed by atoms with Crippen molar-refractivity contribution in [1.82, 2.24) is 0 Å².